The number of hydrogen-bond acceptors (Lipinski definition) is 9. The van der Waals surface area contributed by atoms with E-state index in [2.05, 4.69) is 20.4 Å². The van der Waals surface area contributed by atoms with E-state index in [1.54, 1.807) is 4.90 Å². The monoisotopic (exact) mass is 537 g/mol. The third-order valence-corrected chi connectivity index (χ3v) is 7.39. The summed E-state index contributed by atoms with van der Waals surface area (Å²) < 4.78 is 11.1. The number of carbonyl (C=O) groups is 3. The number of nitrogens with one attached hydrogen (secondary N) is 1. The average molecular weight is 538 g/mol. The second-order valence-corrected chi connectivity index (χ2v) is 12.5. The van der Waals surface area contributed by atoms with Gasteiger partial charge < -0.3 is 19.4 Å². The zero-order valence-electron chi connectivity index (χ0n) is 23.0. The Morgan fingerprint density at radius 3 is 2.38 bits per heavy atom. The fourth-order valence-electron chi connectivity index (χ4n) is 4.62. The molecule has 3 rings (SSSR count). The first-order valence-corrected chi connectivity index (χ1v) is 14.5. The van der Waals surface area contributed by atoms with E-state index in [4.69, 9.17) is 9.15 Å². The van der Waals surface area contributed by atoms with Gasteiger partial charge >= 0.3 is 6.09 Å². The minimum atomic E-state index is -0.658. The van der Waals surface area contributed by atoms with E-state index in [-0.39, 0.29) is 35.5 Å². The molecule has 2 amide bonds. The van der Waals surface area contributed by atoms with Gasteiger partial charge in [-0.3, -0.25) is 14.5 Å². The quantitative estimate of drug-likeness (QED) is 0.349. The van der Waals surface area contributed by atoms with Crippen LogP contribution in [0.5, 0.6) is 0 Å². The van der Waals surface area contributed by atoms with E-state index in [1.807, 2.05) is 34.6 Å². The van der Waals surface area contributed by atoms with Crippen LogP contribution < -0.4 is 5.32 Å². The lowest BCUT2D eigenvalue weighted by Gasteiger charge is -2.35. The maximum Gasteiger partial charge on any atom is 0.410 e. The van der Waals surface area contributed by atoms with Crippen molar-refractivity contribution in [1.82, 2.24) is 25.3 Å². The first kappa shape index (κ1) is 29.4. The van der Waals surface area contributed by atoms with Gasteiger partial charge in [0.1, 0.15) is 5.60 Å². The summed E-state index contributed by atoms with van der Waals surface area (Å²) >= 11 is 1.40. The van der Waals surface area contributed by atoms with Gasteiger partial charge in [-0.25, -0.2) is 4.79 Å². The molecule has 0 radical (unpaired) electrons. The van der Waals surface area contributed by atoms with Crippen LogP contribution in [-0.4, -0.2) is 87.9 Å². The summed E-state index contributed by atoms with van der Waals surface area (Å²) in [4.78, 5) is 42.1. The van der Waals surface area contributed by atoms with Crippen LogP contribution in [-0.2, 0) is 9.53 Å². The van der Waals surface area contributed by atoms with Crippen molar-refractivity contribution in [1.29, 1.82) is 0 Å². The number of ether oxygens (including phenoxy) is 1. The number of carbonyl (C=O) groups excluding carboxylic acids is 3. The molecule has 0 bridgehead atoms. The largest absolute Gasteiger partial charge is 0.444 e. The van der Waals surface area contributed by atoms with Crippen LogP contribution in [0.3, 0.4) is 0 Å². The molecule has 1 unspecified atom stereocenters. The van der Waals surface area contributed by atoms with Crippen LogP contribution in [0.4, 0.5) is 4.79 Å². The number of amides is 2. The number of nitrogens with zero attached hydrogens (tertiary/aromatic N) is 4. The number of piperazine rings is 1. The van der Waals surface area contributed by atoms with E-state index in [0.717, 1.165) is 51.1 Å². The summed E-state index contributed by atoms with van der Waals surface area (Å²) in [5, 5.41) is 11.3. The summed E-state index contributed by atoms with van der Waals surface area (Å²) in [6.07, 6.45) is 5.31. The van der Waals surface area contributed by atoms with E-state index in [9.17, 15) is 14.4 Å². The molecular formula is C26H43N5O5S. The SMILES string of the molecule is CC(C)CC(NC(=O)C1CCCCC1)C(=O)c1nnc(SCCN2CCN(C(=O)OC(C)(C)C)CC2)o1. The number of thioether (sulfide) groups is 1. The molecule has 1 saturated heterocycles. The molecule has 11 heteroatoms. The highest BCUT2D eigenvalue weighted by molar-refractivity contribution is 7.99. The van der Waals surface area contributed by atoms with Crippen molar-refractivity contribution in [3.05, 3.63) is 5.89 Å². The van der Waals surface area contributed by atoms with Gasteiger partial charge in [-0.1, -0.05) is 44.9 Å². The van der Waals surface area contributed by atoms with Crippen molar-refractivity contribution < 1.29 is 23.5 Å². The maximum atomic E-state index is 13.1. The summed E-state index contributed by atoms with van der Waals surface area (Å²) in [6.45, 7) is 13.2. The van der Waals surface area contributed by atoms with Gasteiger partial charge in [0, 0.05) is 44.4 Å². The molecule has 1 saturated carbocycles. The van der Waals surface area contributed by atoms with Gasteiger partial charge in [0.25, 0.3) is 11.1 Å². The molecule has 1 aromatic heterocycles. The minimum Gasteiger partial charge on any atom is -0.444 e. The molecule has 0 aromatic carbocycles. The smallest absolute Gasteiger partial charge is 0.410 e. The second kappa shape index (κ2) is 13.6. The molecule has 2 aliphatic rings. The lowest BCUT2D eigenvalue weighted by atomic mass is 9.88. The Labute approximate surface area is 224 Å². The van der Waals surface area contributed by atoms with Crippen LogP contribution in [0.25, 0.3) is 0 Å². The Bertz CT molecular complexity index is 901. The molecule has 1 aliphatic carbocycles. The van der Waals surface area contributed by atoms with Gasteiger partial charge in [-0.2, -0.15) is 0 Å². The number of aromatic nitrogens is 2. The standard InChI is InChI=1S/C26H43N5O5S/c1-18(2)17-20(27-22(33)19-9-7-6-8-10-19)21(32)23-28-29-24(35-23)37-16-15-30-11-13-31(14-12-30)25(34)36-26(3,4)5/h18-20H,6-17H2,1-5H3,(H,27,33). The molecule has 1 aliphatic heterocycles. The molecule has 1 atom stereocenters. The molecule has 37 heavy (non-hydrogen) atoms. The number of rotatable bonds is 10. The van der Waals surface area contributed by atoms with Crippen molar-refractivity contribution in [3.8, 4) is 0 Å². The summed E-state index contributed by atoms with van der Waals surface area (Å²) in [5.41, 5.74) is -0.495. The molecule has 208 valence electrons. The first-order valence-electron chi connectivity index (χ1n) is 13.5. The van der Waals surface area contributed by atoms with Gasteiger partial charge in [0.15, 0.2) is 0 Å². The Kier molecular flexibility index (Phi) is 10.8. The molecular weight excluding hydrogens is 494 g/mol. The van der Waals surface area contributed by atoms with E-state index in [0.29, 0.717) is 24.7 Å². The van der Waals surface area contributed by atoms with Crippen molar-refractivity contribution in [2.45, 2.75) is 90.0 Å². The molecule has 2 fully saturated rings. The summed E-state index contributed by atoms with van der Waals surface area (Å²) in [6, 6.07) is -0.658. The fourth-order valence-corrected chi connectivity index (χ4v) is 5.38. The van der Waals surface area contributed by atoms with Crippen LogP contribution >= 0.6 is 11.8 Å². The number of ketones is 1. The molecule has 2 heterocycles. The average Bonchev–Trinajstić information content (AvgIpc) is 3.31. The third kappa shape index (κ3) is 9.59. The Morgan fingerprint density at radius 1 is 1.08 bits per heavy atom. The van der Waals surface area contributed by atoms with Gasteiger partial charge in [0.2, 0.25) is 11.7 Å². The zero-order chi connectivity index (χ0) is 27.0. The number of hydrogen-bond donors (Lipinski definition) is 1. The highest BCUT2D eigenvalue weighted by Gasteiger charge is 2.31. The van der Waals surface area contributed by atoms with Crippen LogP contribution in [0.1, 0.15) is 83.8 Å². The Hall–Kier alpha value is -2.14. The normalized spacial score (nSPS) is 18.6. The number of Topliss-reactive ketones (excluding diaryl/α,β-unsaturated/α-hetero) is 1. The Balaban J connectivity index is 1.45. The Morgan fingerprint density at radius 2 is 1.76 bits per heavy atom. The molecule has 1 aromatic rings. The lowest BCUT2D eigenvalue weighted by Crippen LogP contribution is -2.50. The van der Waals surface area contributed by atoms with Crippen LogP contribution in [0.2, 0.25) is 0 Å². The predicted molar refractivity (Wildman–Crippen MR) is 142 cm³/mol. The van der Waals surface area contributed by atoms with Crippen molar-refractivity contribution in [3.63, 3.8) is 0 Å². The van der Waals surface area contributed by atoms with Gasteiger partial charge in [-0.05, 0) is 46.0 Å². The predicted octanol–water partition coefficient (Wildman–Crippen LogP) is 4.01. The highest BCUT2D eigenvalue weighted by atomic mass is 32.2. The first-order chi connectivity index (χ1) is 17.5. The second-order valence-electron chi connectivity index (χ2n) is 11.4. The van der Waals surface area contributed by atoms with Crippen LogP contribution in [0.15, 0.2) is 9.64 Å². The summed E-state index contributed by atoms with van der Waals surface area (Å²) in [7, 11) is 0. The van der Waals surface area contributed by atoms with Crippen molar-refractivity contribution >= 4 is 29.5 Å². The highest BCUT2D eigenvalue weighted by Crippen LogP contribution is 2.25. The van der Waals surface area contributed by atoms with E-state index < -0.39 is 11.6 Å². The van der Waals surface area contributed by atoms with Gasteiger partial charge in [0.05, 0.1) is 6.04 Å². The van der Waals surface area contributed by atoms with Crippen LogP contribution in [0, 0.1) is 11.8 Å². The topological polar surface area (TPSA) is 118 Å². The molecule has 10 nitrogen and oxygen atoms in total. The van der Waals surface area contributed by atoms with E-state index >= 15 is 0 Å². The lowest BCUT2D eigenvalue weighted by molar-refractivity contribution is -0.126. The van der Waals surface area contributed by atoms with Crippen molar-refractivity contribution in [2.75, 3.05) is 38.5 Å². The molecule has 0 spiro atoms. The third-order valence-electron chi connectivity index (χ3n) is 6.59. The van der Waals surface area contributed by atoms with E-state index in [1.165, 1.54) is 18.2 Å². The van der Waals surface area contributed by atoms with Gasteiger partial charge in [-0.15, -0.1) is 10.2 Å². The minimum absolute atomic E-state index is 0.0176. The summed E-state index contributed by atoms with van der Waals surface area (Å²) in [5.74, 6) is 0.512. The molecule has 1 N–H and O–H groups in total. The van der Waals surface area contributed by atoms with Crippen molar-refractivity contribution in [2.24, 2.45) is 11.8 Å². The fraction of sp³-hybridized carbons (Fsp3) is 0.808. The zero-order valence-corrected chi connectivity index (χ0v) is 23.8. The maximum absolute atomic E-state index is 13.1.